The molecule has 0 aromatic heterocycles. The van der Waals surface area contributed by atoms with E-state index >= 15 is 0 Å². The molecule has 0 amide bonds. The van der Waals surface area contributed by atoms with Crippen molar-refractivity contribution in [1.29, 1.82) is 0 Å². The summed E-state index contributed by atoms with van der Waals surface area (Å²) in [7, 11) is 0. The van der Waals surface area contributed by atoms with E-state index in [4.69, 9.17) is 6.63 Å². The Morgan fingerprint density at radius 1 is 1.50 bits per heavy atom. The van der Waals surface area contributed by atoms with E-state index in [0.717, 1.165) is 6.08 Å². The summed E-state index contributed by atoms with van der Waals surface area (Å²) in [4.78, 5) is 3.67. The van der Waals surface area contributed by atoms with Gasteiger partial charge in [-0.2, -0.15) is 0 Å². The molecule has 0 saturated heterocycles. The molecule has 0 aliphatic heterocycles. The van der Waals surface area contributed by atoms with Crippen LogP contribution in [0, 0.1) is 0 Å². The van der Waals surface area contributed by atoms with Crippen LogP contribution in [0.1, 0.15) is 6.93 Å². The molecule has 2 N–H and O–H groups in total. The molecule has 64 valence electrons. The molecule has 1 aromatic rings. The predicted octanol–water partition coefficient (Wildman–Crippen LogP) is 2.08. The van der Waals surface area contributed by atoms with Crippen molar-refractivity contribution in [3.05, 3.63) is 42.0 Å². The molecule has 0 spiro atoms. The maximum atomic E-state index is 9.37. The Morgan fingerprint density at radius 3 is 2.75 bits per heavy atom. The van der Waals surface area contributed by atoms with Gasteiger partial charge in [-0.15, -0.1) is 0 Å². The van der Waals surface area contributed by atoms with E-state index in [1.807, 2.05) is 6.07 Å². The Morgan fingerprint density at radius 2 is 2.17 bits per heavy atom. The zero-order valence-corrected chi connectivity index (χ0v) is 6.34. The normalized spacial score (nSPS) is 15.4. The molecule has 12 heavy (non-hydrogen) atoms. The van der Waals surface area contributed by atoms with Crippen LogP contribution in [0.25, 0.3) is 5.76 Å². The van der Waals surface area contributed by atoms with Crippen LogP contribution < -0.4 is 0 Å². The molecular formula is C9H10O3. The van der Waals surface area contributed by atoms with Crippen LogP contribution >= 0.6 is 0 Å². The minimum Gasteiger partial charge on any atom is -0.508 e. The molecule has 3 nitrogen and oxygen atoms in total. The highest BCUT2D eigenvalue weighted by molar-refractivity contribution is 5.57. The van der Waals surface area contributed by atoms with E-state index in [2.05, 4.69) is 4.89 Å². The van der Waals surface area contributed by atoms with Gasteiger partial charge in [0.1, 0.15) is 12.3 Å². The van der Waals surface area contributed by atoms with Crippen molar-refractivity contribution in [2.24, 2.45) is 0 Å². The Hall–Kier alpha value is -1.32. The SMILES string of the molecule is [2H][C@@H](/C=C(\O)c1ccccc1)OO. The van der Waals surface area contributed by atoms with Crippen LogP contribution in [0.5, 0.6) is 0 Å². The van der Waals surface area contributed by atoms with Crippen molar-refractivity contribution in [3.8, 4) is 0 Å². The van der Waals surface area contributed by atoms with E-state index in [0.29, 0.717) is 5.56 Å². The van der Waals surface area contributed by atoms with Crippen LogP contribution in [0.3, 0.4) is 0 Å². The Bertz CT molecular complexity index is 284. The van der Waals surface area contributed by atoms with Gasteiger partial charge in [0.05, 0.1) is 1.37 Å². The summed E-state index contributed by atoms with van der Waals surface area (Å²) in [5, 5.41) is 17.5. The van der Waals surface area contributed by atoms with Crippen LogP contribution in [0.2, 0.25) is 0 Å². The van der Waals surface area contributed by atoms with Crippen molar-refractivity contribution in [1.82, 2.24) is 0 Å². The Balaban J connectivity index is 2.79. The van der Waals surface area contributed by atoms with Gasteiger partial charge in [-0.3, -0.25) is 5.26 Å². The van der Waals surface area contributed by atoms with Crippen molar-refractivity contribution in [2.75, 3.05) is 6.58 Å². The molecule has 0 aliphatic carbocycles. The third kappa shape index (κ3) is 2.38. The quantitative estimate of drug-likeness (QED) is 0.411. The fraction of sp³-hybridized carbons (Fsp3) is 0.111. The Labute approximate surface area is 71.9 Å². The fourth-order valence-electron chi connectivity index (χ4n) is 0.800. The van der Waals surface area contributed by atoms with Gasteiger partial charge in [0.15, 0.2) is 0 Å². The zero-order valence-electron chi connectivity index (χ0n) is 7.34. The first kappa shape index (κ1) is 7.34. The van der Waals surface area contributed by atoms with Gasteiger partial charge in [-0.25, -0.2) is 4.89 Å². The minimum absolute atomic E-state index is 0.0883. The molecule has 1 rings (SSSR count). The molecule has 0 aliphatic rings. The third-order valence-electron chi connectivity index (χ3n) is 1.36. The van der Waals surface area contributed by atoms with E-state index in [-0.39, 0.29) is 5.76 Å². The summed E-state index contributed by atoms with van der Waals surface area (Å²) < 4.78 is 6.99. The van der Waals surface area contributed by atoms with Gasteiger partial charge in [-0.1, -0.05) is 30.3 Å². The average molecular weight is 167 g/mol. The summed E-state index contributed by atoms with van der Waals surface area (Å²) >= 11 is 0. The molecule has 0 radical (unpaired) electrons. The first-order chi connectivity index (χ1) is 6.24. The molecule has 1 atom stereocenters. The molecule has 0 saturated carbocycles. The summed E-state index contributed by atoms with van der Waals surface area (Å²) in [5.74, 6) is -0.0883. The molecule has 0 fully saturated rings. The van der Waals surface area contributed by atoms with Crippen LogP contribution in [-0.4, -0.2) is 16.9 Å². The number of hydrogen-bond donors (Lipinski definition) is 2. The molecule has 0 heterocycles. The van der Waals surface area contributed by atoms with E-state index in [1.165, 1.54) is 0 Å². The van der Waals surface area contributed by atoms with Crippen molar-refractivity contribution in [2.45, 2.75) is 0 Å². The lowest BCUT2D eigenvalue weighted by Crippen LogP contribution is -1.87. The maximum absolute atomic E-state index is 9.37. The maximum Gasteiger partial charge on any atom is 0.121 e. The average Bonchev–Trinajstić information content (AvgIpc) is 2.19. The van der Waals surface area contributed by atoms with Crippen LogP contribution in [0.15, 0.2) is 36.4 Å². The lowest BCUT2D eigenvalue weighted by atomic mass is 10.2. The molecule has 3 heteroatoms. The van der Waals surface area contributed by atoms with Crippen molar-refractivity contribution >= 4 is 5.76 Å². The largest absolute Gasteiger partial charge is 0.508 e. The van der Waals surface area contributed by atoms with Crippen molar-refractivity contribution in [3.63, 3.8) is 0 Å². The van der Waals surface area contributed by atoms with Crippen LogP contribution in [-0.2, 0) is 4.89 Å². The van der Waals surface area contributed by atoms with E-state index < -0.39 is 6.58 Å². The minimum atomic E-state index is -1.26. The molecule has 1 aromatic carbocycles. The monoisotopic (exact) mass is 167 g/mol. The van der Waals surface area contributed by atoms with E-state index in [9.17, 15) is 5.11 Å². The smallest absolute Gasteiger partial charge is 0.121 e. The predicted molar refractivity (Wildman–Crippen MR) is 45.6 cm³/mol. The summed E-state index contributed by atoms with van der Waals surface area (Å²) in [6, 6.07) is 8.72. The van der Waals surface area contributed by atoms with Gasteiger partial charge in [-0.05, 0) is 6.08 Å². The topological polar surface area (TPSA) is 49.7 Å². The fourth-order valence-corrected chi connectivity index (χ4v) is 0.800. The van der Waals surface area contributed by atoms with Gasteiger partial charge < -0.3 is 5.11 Å². The second kappa shape index (κ2) is 4.54. The summed E-state index contributed by atoms with van der Waals surface area (Å²) in [5.41, 5.74) is 0.580. The molecular weight excluding hydrogens is 156 g/mol. The molecule has 0 bridgehead atoms. The lowest BCUT2D eigenvalue weighted by Gasteiger charge is -1.97. The standard InChI is InChI=1S/C9H10O3/c10-9(6-7-12-11)8-4-2-1-3-5-8/h1-6,10-11H,7H2/b9-6-/i7D/t7-/m0/s1. The number of hydrogen-bond acceptors (Lipinski definition) is 3. The van der Waals surface area contributed by atoms with E-state index in [1.54, 1.807) is 24.3 Å². The second-order valence-corrected chi connectivity index (χ2v) is 2.16. The zero-order chi connectivity index (χ0) is 9.68. The number of aliphatic hydroxyl groups excluding tert-OH is 1. The first-order valence-corrected chi connectivity index (χ1v) is 3.42. The van der Waals surface area contributed by atoms with Gasteiger partial charge in [0.25, 0.3) is 0 Å². The van der Waals surface area contributed by atoms with Crippen molar-refractivity contribution < 1.29 is 16.6 Å². The van der Waals surface area contributed by atoms with Gasteiger partial charge in [0.2, 0.25) is 0 Å². The highest BCUT2D eigenvalue weighted by Crippen LogP contribution is 2.09. The van der Waals surface area contributed by atoms with Gasteiger partial charge in [0, 0.05) is 5.56 Å². The van der Waals surface area contributed by atoms with Gasteiger partial charge >= 0.3 is 0 Å². The highest BCUT2D eigenvalue weighted by Gasteiger charge is 1.94. The number of benzene rings is 1. The second-order valence-electron chi connectivity index (χ2n) is 2.16. The summed E-state index contributed by atoms with van der Waals surface area (Å²) in [6.07, 6.45) is 1.09. The highest BCUT2D eigenvalue weighted by atomic mass is 17.1. The third-order valence-corrected chi connectivity index (χ3v) is 1.36. The molecule has 0 unspecified atom stereocenters. The number of rotatable bonds is 3. The first-order valence-electron chi connectivity index (χ1n) is 4.00. The Kier molecular flexibility index (Phi) is 2.77. The number of aliphatic hydroxyl groups is 1. The van der Waals surface area contributed by atoms with Crippen LogP contribution in [0.4, 0.5) is 0 Å². The summed E-state index contributed by atoms with van der Waals surface area (Å²) in [6.45, 7) is -1.26. The lowest BCUT2D eigenvalue weighted by molar-refractivity contribution is -0.231.